The number of carbonyl (C=O) groups is 2. The first-order chi connectivity index (χ1) is 10.4. The van der Waals surface area contributed by atoms with E-state index in [-0.39, 0.29) is 12.6 Å². The van der Waals surface area contributed by atoms with Crippen molar-refractivity contribution in [2.45, 2.75) is 13.3 Å². The fourth-order valence-corrected chi connectivity index (χ4v) is 2.99. The molecule has 2 aromatic rings. The fourth-order valence-electron chi connectivity index (χ4n) is 2.54. The van der Waals surface area contributed by atoms with Crippen LogP contribution in [0, 0.1) is 12.8 Å². The molecule has 0 radical (unpaired) electrons. The highest BCUT2D eigenvalue weighted by atomic mass is 79.9. The van der Waals surface area contributed by atoms with Crippen molar-refractivity contribution in [1.82, 2.24) is 9.88 Å². The summed E-state index contributed by atoms with van der Waals surface area (Å²) in [6.45, 7) is 2.38. The zero-order valence-electron chi connectivity index (χ0n) is 11.8. The van der Waals surface area contributed by atoms with Crippen molar-refractivity contribution >= 4 is 44.7 Å². The molecule has 1 aliphatic heterocycles. The Morgan fingerprint density at radius 1 is 1.50 bits per heavy atom. The molecule has 2 amide bonds. The molecule has 1 atom stereocenters. The summed E-state index contributed by atoms with van der Waals surface area (Å²) in [5.41, 5.74) is 1.66. The van der Waals surface area contributed by atoms with E-state index in [2.05, 4.69) is 26.2 Å². The van der Waals surface area contributed by atoms with Crippen LogP contribution in [0.15, 0.2) is 21.0 Å². The molecule has 0 aliphatic carbocycles. The number of carboxylic acids is 1. The number of hydrogen-bond donors (Lipinski definition) is 2. The van der Waals surface area contributed by atoms with Crippen LogP contribution in [0.5, 0.6) is 0 Å². The zero-order valence-corrected chi connectivity index (χ0v) is 13.4. The van der Waals surface area contributed by atoms with E-state index in [0.29, 0.717) is 35.6 Å². The molecule has 22 heavy (non-hydrogen) atoms. The van der Waals surface area contributed by atoms with Gasteiger partial charge in [0, 0.05) is 24.5 Å². The molecular weight excluding hydrogens is 354 g/mol. The summed E-state index contributed by atoms with van der Waals surface area (Å²) in [4.78, 5) is 29.0. The fraction of sp³-hybridized carbons (Fsp3) is 0.357. The van der Waals surface area contributed by atoms with Crippen LogP contribution in [-0.2, 0) is 4.79 Å². The number of benzene rings is 1. The quantitative estimate of drug-likeness (QED) is 0.850. The van der Waals surface area contributed by atoms with E-state index >= 15 is 0 Å². The van der Waals surface area contributed by atoms with Gasteiger partial charge in [0.1, 0.15) is 5.52 Å². The number of aryl methyl sites for hydroxylation is 1. The number of carbonyl (C=O) groups excluding carboxylic acids is 1. The van der Waals surface area contributed by atoms with Gasteiger partial charge in [-0.05, 0) is 18.6 Å². The Bertz CT molecular complexity index is 758. The predicted molar refractivity (Wildman–Crippen MR) is 82.8 cm³/mol. The number of fused-ring (bicyclic) bond motifs is 1. The van der Waals surface area contributed by atoms with Crippen molar-refractivity contribution in [2.75, 3.05) is 18.4 Å². The van der Waals surface area contributed by atoms with E-state index in [9.17, 15) is 9.59 Å². The molecular formula is C14H14BrN3O4. The first-order valence-corrected chi connectivity index (χ1v) is 7.59. The van der Waals surface area contributed by atoms with Gasteiger partial charge in [0.05, 0.1) is 11.6 Å². The maximum atomic E-state index is 12.3. The molecule has 2 N–H and O–H groups in total. The second-order valence-electron chi connectivity index (χ2n) is 5.23. The third-order valence-electron chi connectivity index (χ3n) is 3.63. The standard InChI is InChI=1S/C14H14BrN3O4/c1-7-16-10-4-9(15)5-11(12(10)22-7)17-14(21)18-3-2-8(6-18)13(19)20/h4-5,8H,2-3,6H2,1H3,(H,17,21)(H,19,20). The monoisotopic (exact) mass is 367 g/mol. The number of amides is 2. The maximum Gasteiger partial charge on any atom is 0.321 e. The smallest absolute Gasteiger partial charge is 0.321 e. The number of nitrogens with zero attached hydrogens (tertiary/aromatic N) is 2. The lowest BCUT2D eigenvalue weighted by Crippen LogP contribution is -2.33. The van der Waals surface area contributed by atoms with Crippen molar-refractivity contribution in [3.63, 3.8) is 0 Å². The predicted octanol–water partition coefficient (Wildman–Crippen LogP) is 2.84. The van der Waals surface area contributed by atoms with Crippen LogP contribution in [0.4, 0.5) is 10.5 Å². The highest BCUT2D eigenvalue weighted by Crippen LogP contribution is 2.29. The molecule has 0 bridgehead atoms. The lowest BCUT2D eigenvalue weighted by Gasteiger charge is -2.16. The third kappa shape index (κ3) is 2.78. The molecule has 1 aromatic heterocycles. The lowest BCUT2D eigenvalue weighted by atomic mass is 10.1. The minimum Gasteiger partial charge on any atom is -0.481 e. The van der Waals surface area contributed by atoms with Gasteiger partial charge in [0.15, 0.2) is 11.5 Å². The van der Waals surface area contributed by atoms with Crippen LogP contribution in [0.3, 0.4) is 0 Å². The van der Waals surface area contributed by atoms with Gasteiger partial charge < -0.3 is 19.7 Å². The summed E-state index contributed by atoms with van der Waals surface area (Å²) < 4.78 is 6.29. The molecule has 1 unspecified atom stereocenters. The molecule has 1 aliphatic rings. The minimum absolute atomic E-state index is 0.216. The number of halogens is 1. The van der Waals surface area contributed by atoms with E-state index in [0.717, 1.165) is 4.47 Å². The van der Waals surface area contributed by atoms with Gasteiger partial charge in [-0.25, -0.2) is 9.78 Å². The van der Waals surface area contributed by atoms with Crippen LogP contribution in [0.1, 0.15) is 12.3 Å². The summed E-state index contributed by atoms with van der Waals surface area (Å²) in [6.07, 6.45) is 0.470. The van der Waals surface area contributed by atoms with Crippen molar-refractivity contribution < 1.29 is 19.1 Å². The summed E-state index contributed by atoms with van der Waals surface area (Å²) in [5.74, 6) is -0.859. The van der Waals surface area contributed by atoms with Crippen molar-refractivity contribution in [1.29, 1.82) is 0 Å². The number of likely N-dealkylation sites (tertiary alicyclic amines) is 1. The van der Waals surface area contributed by atoms with Gasteiger partial charge in [-0.2, -0.15) is 0 Å². The van der Waals surface area contributed by atoms with Crippen LogP contribution < -0.4 is 5.32 Å². The first-order valence-electron chi connectivity index (χ1n) is 6.79. The number of aromatic nitrogens is 1. The van der Waals surface area contributed by atoms with Crippen molar-refractivity contribution in [3.05, 3.63) is 22.5 Å². The Morgan fingerprint density at radius 3 is 2.95 bits per heavy atom. The highest BCUT2D eigenvalue weighted by Gasteiger charge is 2.31. The number of aliphatic carboxylic acids is 1. The second-order valence-corrected chi connectivity index (χ2v) is 6.15. The van der Waals surface area contributed by atoms with Crippen molar-refractivity contribution in [3.8, 4) is 0 Å². The molecule has 116 valence electrons. The van der Waals surface area contributed by atoms with E-state index in [1.54, 1.807) is 19.1 Å². The Labute approximate surface area is 134 Å². The molecule has 0 saturated carbocycles. The summed E-state index contributed by atoms with van der Waals surface area (Å²) >= 11 is 3.37. The van der Waals surface area contributed by atoms with Gasteiger partial charge >= 0.3 is 12.0 Å². The number of urea groups is 1. The Kier molecular flexibility index (Phi) is 3.78. The molecule has 7 nitrogen and oxygen atoms in total. The zero-order chi connectivity index (χ0) is 15.9. The number of oxazole rings is 1. The van der Waals surface area contributed by atoms with Crippen molar-refractivity contribution in [2.24, 2.45) is 5.92 Å². The van der Waals surface area contributed by atoms with E-state index < -0.39 is 11.9 Å². The Morgan fingerprint density at radius 2 is 2.27 bits per heavy atom. The molecule has 1 fully saturated rings. The van der Waals surface area contributed by atoms with E-state index in [1.807, 2.05) is 0 Å². The molecule has 3 rings (SSSR count). The first kappa shape index (κ1) is 14.8. The summed E-state index contributed by atoms with van der Waals surface area (Å²) in [7, 11) is 0. The highest BCUT2D eigenvalue weighted by molar-refractivity contribution is 9.10. The third-order valence-corrected chi connectivity index (χ3v) is 4.09. The number of nitrogens with one attached hydrogen (secondary N) is 1. The molecule has 1 saturated heterocycles. The Hall–Kier alpha value is -2.09. The topological polar surface area (TPSA) is 95.7 Å². The molecule has 2 heterocycles. The molecule has 0 spiro atoms. The second kappa shape index (κ2) is 5.60. The minimum atomic E-state index is -0.869. The van der Waals surface area contributed by atoms with Gasteiger partial charge in [0.25, 0.3) is 0 Å². The number of carboxylic acid groups (broad SMARTS) is 1. The average molecular weight is 368 g/mol. The lowest BCUT2D eigenvalue weighted by molar-refractivity contribution is -0.141. The number of anilines is 1. The normalized spacial score (nSPS) is 17.9. The SMILES string of the molecule is Cc1nc2cc(Br)cc(NC(=O)N3CCC(C(=O)O)C3)c2o1. The maximum absolute atomic E-state index is 12.3. The van der Waals surface area contributed by atoms with E-state index in [4.69, 9.17) is 9.52 Å². The molecule has 1 aromatic carbocycles. The summed E-state index contributed by atoms with van der Waals surface area (Å²) in [5, 5.41) is 11.8. The number of hydrogen-bond acceptors (Lipinski definition) is 4. The average Bonchev–Trinajstić information content (AvgIpc) is 3.04. The van der Waals surface area contributed by atoms with Gasteiger partial charge in [0.2, 0.25) is 0 Å². The van der Waals surface area contributed by atoms with Gasteiger partial charge in [-0.1, -0.05) is 15.9 Å². The Balaban J connectivity index is 1.81. The molecule has 8 heteroatoms. The largest absolute Gasteiger partial charge is 0.481 e. The van der Waals surface area contributed by atoms with E-state index in [1.165, 1.54) is 4.90 Å². The summed E-state index contributed by atoms with van der Waals surface area (Å²) in [6, 6.07) is 3.20. The van der Waals surface area contributed by atoms with Crippen LogP contribution in [-0.4, -0.2) is 40.1 Å². The van der Waals surface area contributed by atoms with Gasteiger partial charge in [-0.3, -0.25) is 4.79 Å². The van der Waals surface area contributed by atoms with Crippen LogP contribution in [0.25, 0.3) is 11.1 Å². The number of rotatable bonds is 2. The van der Waals surface area contributed by atoms with Gasteiger partial charge in [-0.15, -0.1) is 0 Å². The van der Waals surface area contributed by atoms with Crippen LogP contribution in [0.2, 0.25) is 0 Å². The van der Waals surface area contributed by atoms with Crippen LogP contribution >= 0.6 is 15.9 Å².